The van der Waals surface area contributed by atoms with Crippen LogP contribution in [0.15, 0.2) is 24.3 Å². The zero-order chi connectivity index (χ0) is 13.9. The van der Waals surface area contributed by atoms with Crippen LogP contribution in [-0.4, -0.2) is 29.0 Å². The molecule has 0 heterocycles. The second-order valence-corrected chi connectivity index (χ2v) is 6.75. The fourth-order valence-electron chi connectivity index (χ4n) is 3.44. The Hall–Kier alpha value is -0.930. The lowest BCUT2D eigenvalue weighted by atomic mass is 9.82. The summed E-state index contributed by atoms with van der Waals surface area (Å²) in [5.74, 6) is 0.701. The van der Waals surface area contributed by atoms with Crippen LogP contribution in [0, 0.1) is 0 Å². The molecule has 1 fully saturated rings. The number of fused-ring (bicyclic) bond motifs is 1. The molecule has 0 saturated heterocycles. The Kier molecular flexibility index (Phi) is 4.37. The highest BCUT2D eigenvalue weighted by Gasteiger charge is 2.31. The van der Waals surface area contributed by atoms with E-state index in [0.29, 0.717) is 10.9 Å². The highest BCUT2D eigenvalue weighted by Crippen LogP contribution is 2.35. The molecule has 1 saturated carbocycles. The highest BCUT2D eigenvalue weighted by atomic mass is 32.1. The average Bonchev–Trinajstić information content (AvgIpc) is 3.28. The smallest absolute Gasteiger partial charge is 0.0740 e. The monoisotopic (exact) mass is 288 g/mol. The molecule has 1 aromatic rings. The predicted octanol–water partition coefficient (Wildman–Crippen LogP) is 3.25. The van der Waals surface area contributed by atoms with Crippen molar-refractivity contribution in [1.29, 1.82) is 0 Å². The quantitative estimate of drug-likeness (QED) is 0.815. The molecule has 0 radical (unpaired) electrons. The number of rotatable bonds is 6. The van der Waals surface area contributed by atoms with E-state index in [1.54, 1.807) is 11.1 Å². The first-order valence-electron chi connectivity index (χ1n) is 7.84. The van der Waals surface area contributed by atoms with E-state index in [0.717, 1.165) is 19.0 Å². The predicted molar refractivity (Wildman–Crippen MR) is 88.1 cm³/mol. The second kappa shape index (κ2) is 6.23. The molecule has 108 valence electrons. The number of nitrogens with two attached hydrogens (primary N) is 1. The van der Waals surface area contributed by atoms with Crippen LogP contribution in [0.2, 0.25) is 0 Å². The Morgan fingerprint density at radius 1 is 1.25 bits per heavy atom. The normalized spacial score (nSPS) is 21.8. The van der Waals surface area contributed by atoms with Gasteiger partial charge in [0.2, 0.25) is 0 Å². The standard InChI is InChI=1S/C17H24N2S/c18-17(20)10-11-19(15-8-9-15)12-14-6-3-5-13-4-1-2-7-16(13)14/h1-2,4,7,14-15H,3,5-6,8-12H2,(H2,18,20). The third kappa shape index (κ3) is 3.39. The van der Waals surface area contributed by atoms with Gasteiger partial charge >= 0.3 is 0 Å². The first kappa shape index (κ1) is 14.0. The van der Waals surface area contributed by atoms with E-state index in [9.17, 15) is 0 Å². The minimum atomic E-state index is 0.652. The van der Waals surface area contributed by atoms with Crippen LogP contribution in [0.25, 0.3) is 0 Å². The molecule has 0 bridgehead atoms. The fraction of sp³-hybridized carbons (Fsp3) is 0.588. The van der Waals surface area contributed by atoms with E-state index < -0.39 is 0 Å². The summed E-state index contributed by atoms with van der Waals surface area (Å²) in [4.78, 5) is 3.28. The summed E-state index contributed by atoms with van der Waals surface area (Å²) < 4.78 is 0. The fourth-order valence-corrected chi connectivity index (χ4v) is 3.53. The molecule has 3 heteroatoms. The molecule has 0 spiro atoms. The maximum atomic E-state index is 5.68. The van der Waals surface area contributed by atoms with Crippen molar-refractivity contribution >= 4 is 17.2 Å². The zero-order valence-electron chi connectivity index (χ0n) is 12.1. The second-order valence-electron chi connectivity index (χ2n) is 6.23. The van der Waals surface area contributed by atoms with Gasteiger partial charge in [-0.05, 0) is 49.1 Å². The Bertz CT molecular complexity index is 482. The largest absolute Gasteiger partial charge is 0.393 e. The number of thiocarbonyl (C=S) groups is 1. The van der Waals surface area contributed by atoms with Crippen LogP contribution in [0.3, 0.4) is 0 Å². The first-order valence-corrected chi connectivity index (χ1v) is 8.25. The van der Waals surface area contributed by atoms with E-state index >= 15 is 0 Å². The van der Waals surface area contributed by atoms with Gasteiger partial charge in [0.15, 0.2) is 0 Å². The molecule has 1 aromatic carbocycles. The first-order chi connectivity index (χ1) is 9.74. The maximum absolute atomic E-state index is 5.68. The summed E-state index contributed by atoms with van der Waals surface area (Å²) >= 11 is 5.04. The van der Waals surface area contributed by atoms with Crippen LogP contribution in [0.5, 0.6) is 0 Å². The lowest BCUT2D eigenvalue weighted by Crippen LogP contribution is -2.34. The van der Waals surface area contributed by atoms with Gasteiger partial charge in [0.1, 0.15) is 0 Å². The molecule has 20 heavy (non-hydrogen) atoms. The van der Waals surface area contributed by atoms with Crippen LogP contribution < -0.4 is 5.73 Å². The number of hydrogen-bond acceptors (Lipinski definition) is 2. The van der Waals surface area contributed by atoms with Crippen molar-refractivity contribution in [2.24, 2.45) is 5.73 Å². The minimum absolute atomic E-state index is 0.652. The Labute approximate surface area is 127 Å². The molecule has 0 aliphatic heterocycles. The lowest BCUT2D eigenvalue weighted by molar-refractivity contribution is 0.244. The van der Waals surface area contributed by atoms with Crippen molar-refractivity contribution in [2.75, 3.05) is 13.1 Å². The van der Waals surface area contributed by atoms with Crippen molar-refractivity contribution in [2.45, 2.75) is 50.5 Å². The van der Waals surface area contributed by atoms with Gasteiger partial charge in [-0.1, -0.05) is 36.5 Å². The SMILES string of the molecule is NC(=S)CCN(CC1CCCc2ccccc21)C1CC1. The van der Waals surface area contributed by atoms with E-state index in [1.807, 2.05) is 0 Å². The van der Waals surface area contributed by atoms with Crippen LogP contribution in [0.4, 0.5) is 0 Å². The van der Waals surface area contributed by atoms with Crippen LogP contribution in [0.1, 0.15) is 49.1 Å². The summed E-state index contributed by atoms with van der Waals surface area (Å²) in [6, 6.07) is 9.79. The number of nitrogens with zero attached hydrogens (tertiary/aromatic N) is 1. The Morgan fingerprint density at radius 3 is 2.80 bits per heavy atom. The van der Waals surface area contributed by atoms with Crippen molar-refractivity contribution < 1.29 is 0 Å². The molecule has 0 aromatic heterocycles. The molecule has 2 nitrogen and oxygen atoms in total. The Balaban J connectivity index is 1.68. The number of benzene rings is 1. The third-order valence-corrected chi connectivity index (χ3v) is 4.86. The van der Waals surface area contributed by atoms with Crippen LogP contribution in [-0.2, 0) is 6.42 Å². The lowest BCUT2D eigenvalue weighted by Gasteiger charge is -2.31. The zero-order valence-corrected chi connectivity index (χ0v) is 12.9. The van der Waals surface area contributed by atoms with Crippen molar-refractivity contribution in [3.8, 4) is 0 Å². The van der Waals surface area contributed by atoms with Gasteiger partial charge in [-0.2, -0.15) is 0 Å². The van der Waals surface area contributed by atoms with Gasteiger partial charge in [0, 0.05) is 25.6 Å². The van der Waals surface area contributed by atoms with Gasteiger partial charge in [-0.3, -0.25) is 4.90 Å². The molecule has 2 aliphatic carbocycles. The van der Waals surface area contributed by atoms with Crippen molar-refractivity contribution in [3.05, 3.63) is 35.4 Å². The summed E-state index contributed by atoms with van der Waals surface area (Å²) in [5, 5.41) is 0. The summed E-state index contributed by atoms with van der Waals surface area (Å²) in [6.45, 7) is 2.23. The van der Waals surface area contributed by atoms with Gasteiger partial charge in [0.05, 0.1) is 4.99 Å². The maximum Gasteiger partial charge on any atom is 0.0740 e. The Morgan fingerprint density at radius 2 is 2.05 bits per heavy atom. The molecule has 1 unspecified atom stereocenters. The summed E-state index contributed by atoms with van der Waals surface area (Å²) in [6.07, 6.45) is 7.48. The summed E-state index contributed by atoms with van der Waals surface area (Å²) in [5.41, 5.74) is 8.82. The number of aryl methyl sites for hydroxylation is 1. The molecule has 1 atom stereocenters. The van der Waals surface area contributed by atoms with Gasteiger partial charge in [-0.25, -0.2) is 0 Å². The molecule has 3 rings (SSSR count). The highest BCUT2D eigenvalue weighted by molar-refractivity contribution is 7.80. The van der Waals surface area contributed by atoms with Crippen LogP contribution >= 0.6 is 12.2 Å². The molecular formula is C17H24N2S. The van der Waals surface area contributed by atoms with E-state index in [-0.39, 0.29) is 0 Å². The molecule has 2 N–H and O–H groups in total. The van der Waals surface area contributed by atoms with Gasteiger partial charge in [0.25, 0.3) is 0 Å². The number of hydrogen-bond donors (Lipinski definition) is 1. The average molecular weight is 288 g/mol. The molecule has 0 amide bonds. The van der Waals surface area contributed by atoms with Crippen molar-refractivity contribution in [3.63, 3.8) is 0 Å². The van der Waals surface area contributed by atoms with Gasteiger partial charge < -0.3 is 5.73 Å². The minimum Gasteiger partial charge on any atom is -0.393 e. The third-order valence-electron chi connectivity index (χ3n) is 4.66. The summed E-state index contributed by atoms with van der Waals surface area (Å²) in [7, 11) is 0. The molecule has 2 aliphatic rings. The van der Waals surface area contributed by atoms with E-state index in [1.165, 1.54) is 38.6 Å². The van der Waals surface area contributed by atoms with E-state index in [4.69, 9.17) is 18.0 Å². The topological polar surface area (TPSA) is 29.3 Å². The molecular weight excluding hydrogens is 264 g/mol. The van der Waals surface area contributed by atoms with E-state index in [2.05, 4.69) is 29.2 Å². The van der Waals surface area contributed by atoms with Gasteiger partial charge in [-0.15, -0.1) is 0 Å². The van der Waals surface area contributed by atoms with Crippen molar-refractivity contribution in [1.82, 2.24) is 4.90 Å².